The van der Waals surface area contributed by atoms with Gasteiger partial charge < -0.3 is 21.1 Å². The molecule has 9 nitrogen and oxygen atoms in total. The van der Waals surface area contributed by atoms with Crippen LogP contribution in [0.2, 0.25) is 0 Å². The Morgan fingerprint density at radius 2 is 1.93 bits per heavy atom. The van der Waals surface area contributed by atoms with Gasteiger partial charge in [-0.25, -0.2) is 4.79 Å². The van der Waals surface area contributed by atoms with Crippen LogP contribution in [0, 0.1) is 5.92 Å². The fourth-order valence-corrected chi connectivity index (χ4v) is 2.52. The number of hydrogen-bond donors (Lipinski definition) is 4. The Hall–Kier alpha value is -2.91. The summed E-state index contributed by atoms with van der Waals surface area (Å²) in [7, 11) is 1.50. The first-order valence-electron chi connectivity index (χ1n) is 9.05. The lowest BCUT2D eigenvalue weighted by atomic mass is 10.0. The number of aromatic amines is 1. The van der Waals surface area contributed by atoms with Gasteiger partial charge in [-0.05, 0) is 12.5 Å². The number of nitrogens with two attached hydrogens (primary N) is 1. The molecule has 9 heteroatoms. The Balaban J connectivity index is 2.44. The van der Waals surface area contributed by atoms with Crippen molar-refractivity contribution in [3.8, 4) is 0 Å². The first-order chi connectivity index (χ1) is 13.3. The molecule has 0 saturated carbocycles. The van der Waals surface area contributed by atoms with E-state index in [1.165, 1.54) is 11.7 Å². The Labute approximate surface area is 162 Å². The van der Waals surface area contributed by atoms with Gasteiger partial charge in [-0.2, -0.15) is 0 Å². The van der Waals surface area contributed by atoms with Crippen LogP contribution in [0.1, 0.15) is 19.4 Å². The largest absolute Gasteiger partial charge is 0.383 e. The number of benzene rings is 1. The number of anilines is 2. The lowest BCUT2D eigenvalue weighted by Crippen LogP contribution is -2.39. The van der Waals surface area contributed by atoms with E-state index in [1.807, 2.05) is 30.3 Å². The van der Waals surface area contributed by atoms with E-state index >= 15 is 0 Å². The molecule has 0 fully saturated rings. The van der Waals surface area contributed by atoms with E-state index in [0.29, 0.717) is 6.54 Å². The van der Waals surface area contributed by atoms with Crippen molar-refractivity contribution in [2.24, 2.45) is 11.7 Å². The van der Waals surface area contributed by atoms with Gasteiger partial charge in [0.1, 0.15) is 11.5 Å². The lowest BCUT2D eigenvalue weighted by molar-refractivity contribution is -0.119. The number of H-pyrrole nitrogens is 1. The zero-order valence-electron chi connectivity index (χ0n) is 16.3. The number of carbonyl (C=O) groups excluding carboxylic acids is 1. The molecule has 1 aromatic carbocycles. The number of carbonyl (C=O) groups is 1. The van der Waals surface area contributed by atoms with Crippen LogP contribution in [0.4, 0.5) is 11.5 Å². The highest BCUT2D eigenvalue weighted by Crippen LogP contribution is 2.18. The van der Waals surface area contributed by atoms with E-state index in [4.69, 9.17) is 10.5 Å². The Morgan fingerprint density at radius 1 is 1.25 bits per heavy atom. The van der Waals surface area contributed by atoms with Crippen molar-refractivity contribution in [1.29, 1.82) is 0 Å². The molecule has 1 amide bonds. The number of nitrogens with zero attached hydrogens (tertiary/aromatic N) is 1. The first-order valence-corrected chi connectivity index (χ1v) is 9.05. The molecule has 0 saturated heterocycles. The van der Waals surface area contributed by atoms with Crippen LogP contribution in [-0.4, -0.2) is 35.2 Å². The molecule has 2 aromatic rings. The van der Waals surface area contributed by atoms with Gasteiger partial charge in [-0.3, -0.25) is 19.1 Å². The van der Waals surface area contributed by atoms with Crippen LogP contribution in [0.25, 0.3) is 0 Å². The van der Waals surface area contributed by atoms with Crippen LogP contribution in [0.3, 0.4) is 0 Å². The minimum Gasteiger partial charge on any atom is -0.383 e. The molecule has 0 spiro atoms. The molecular formula is C19H27N5O4. The third kappa shape index (κ3) is 5.30. The summed E-state index contributed by atoms with van der Waals surface area (Å²) in [5.74, 6) is -0.791. The summed E-state index contributed by atoms with van der Waals surface area (Å²) < 4.78 is 6.31. The van der Waals surface area contributed by atoms with Crippen LogP contribution in [0.15, 0.2) is 39.9 Å². The Morgan fingerprint density at radius 3 is 2.54 bits per heavy atom. The average molecular weight is 389 g/mol. The zero-order chi connectivity index (χ0) is 20.7. The SMILES string of the molecule is COCCn1c(NC(=O)C(C)C(C)N)c(NCc2ccccc2)c(=O)[nH]c1=O. The van der Waals surface area contributed by atoms with Gasteiger partial charge in [0.05, 0.1) is 19.1 Å². The highest BCUT2D eigenvalue weighted by atomic mass is 16.5. The number of rotatable bonds is 9. The van der Waals surface area contributed by atoms with Crippen molar-refractivity contribution in [2.75, 3.05) is 24.4 Å². The predicted molar refractivity (Wildman–Crippen MR) is 108 cm³/mol. The van der Waals surface area contributed by atoms with E-state index in [-0.39, 0.29) is 36.6 Å². The highest BCUT2D eigenvalue weighted by molar-refractivity contribution is 5.94. The molecule has 0 aliphatic carbocycles. The normalized spacial score (nSPS) is 13.0. The third-order valence-corrected chi connectivity index (χ3v) is 4.47. The molecule has 1 heterocycles. The predicted octanol–water partition coefficient (Wildman–Crippen LogP) is 0.717. The molecule has 0 aliphatic rings. The fraction of sp³-hybridized carbons (Fsp3) is 0.421. The maximum Gasteiger partial charge on any atom is 0.330 e. The Bertz CT molecular complexity index is 905. The number of nitrogens with one attached hydrogen (secondary N) is 3. The van der Waals surface area contributed by atoms with Crippen LogP contribution >= 0.6 is 0 Å². The van der Waals surface area contributed by atoms with Gasteiger partial charge in [0.15, 0.2) is 0 Å². The number of amides is 1. The van der Waals surface area contributed by atoms with Gasteiger partial charge >= 0.3 is 5.69 Å². The topological polar surface area (TPSA) is 131 Å². The van der Waals surface area contributed by atoms with Gasteiger partial charge in [0, 0.05) is 19.7 Å². The fourth-order valence-electron chi connectivity index (χ4n) is 2.52. The van der Waals surface area contributed by atoms with E-state index in [9.17, 15) is 14.4 Å². The molecule has 152 valence electrons. The van der Waals surface area contributed by atoms with Gasteiger partial charge in [0.2, 0.25) is 5.91 Å². The number of hydrogen-bond acceptors (Lipinski definition) is 6. The van der Waals surface area contributed by atoms with Crippen LogP contribution in [-0.2, 0) is 22.6 Å². The Kier molecular flexibility index (Phi) is 7.53. The smallest absolute Gasteiger partial charge is 0.330 e. The summed E-state index contributed by atoms with van der Waals surface area (Å²) in [6.45, 7) is 4.14. The van der Waals surface area contributed by atoms with Crippen molar-refractivity contribution < 1.29 is 9.53 Å². The first kappa shape index (κ1) is 21.4. The lowest BCUT2D eigenvalue weighted by Gasteiger charge is -2.20. The maximum atomic E-state index is 12.6. The second-order valence-electron chi connectivity index (χ2n) is 6.60. The second-order valence-corrected chi connectivity index (χ2v) is 6.60. The second kappa shape index (κ2) is 9.86. The summed E-state index contributed by atoms with van der Waals surface area (Å²) in [5, 5.41) is 5.72. The van der Waals surface area contributed by atoms with E-state index in [2.05, 4.69) is 15.6 Å². The van der Waals surface area contributed by atoms with Crippen LogP contribution < -0.4 is 27.6 Å². The van der Waals surface area contributed by atoms with Gasteiger partial charge in [-0.1, -0.05) is 37.3 Å². The molecule has 28 heavy (non-hydrogen) atoms. The standard InChI is InChI=1S/C19H27N5O4/c1-12(13(2)20)17(25)22-16-15(21-11-14-7-5-4-6-8-14)18(26)23-19(27)24(16)9-10-28-3/h4-8,12-13,21H,9-11,20H2,1-3H3,(H,22,25)(H,23,26,27). The summed E-state index contributed by atoms with van der Waals surface area (Å²) in [6.07, 6.45) is 0. The highest BCUT2D eigenvalue weighted by Gasteiger charge is 2.22. The molecule has 5 N–H and O–H groups in total. The molecule has 2 unspecified atom stereocenters. The maximum absolute atomic E-state index is 12.6. The zero-order valence-corrected chi connectivity index (χ0v) is 16.3. The molecule has 2 atom stereocenters. The van der Waals surface area contributed by atoms with Crippen molar-refractivity contribution >= 4 is 17.4 Å². The quantitative estimate of drug-likeness (QED) is 0.500. The van der Waals surface area contributed by atoms with E-state index in [0.717, 1.165) is 5.56 Å². The average Bonchev–Trinajstić information content (AvgIpc) is 2.67. The summed E-state index contributed by atoms with van der Waals surface area (Å²) in [5.41, 5.74) is 5.61. The number of ether oxygens (including phenoxy) is 1. The molecular weight excluding hydrogens is 362 g/mol. The molecule has 0 bridgehead atoms. The van der Waals surface area contributed by atoms with Crippen molar-refractivity contribution in [2.45, 2.75) is 33.0 Å². The minimum absolute atomic E-state index is 0.0965. The minimum atomic E-state index is -0.629. The van der Waals surface area contributed by atoms with Crippen molar-refractivity contribution in [1.82, 2.24) is 9.55 Å². The summed E-state index contributed by atoms with van der Waals surface area (Å²) >= 11 is 0. The van der Waals surface area contributed by atoms with Crippen molar-refractivity contribution in [3.63, 3.8) is 0 Å². The molecule has 2 rings (SSSR count). The monoisotopic (exact) mass is 389 g/mol. The molecule has 0 radical (unpaired) electrons. The molecule has 1 aromatic heterocycles. The van der Waals surface area contributed by atoms with Gasteiger partial charge in [0.25, 0.3) is 5.56 Å². The van der Waals surface area contributed by atoms with E-state index < -0.39 is 17.2 Å². The molecule has 0 aliphatic heterocycles. The number of aromatic nitrogens is 2. The van der Waals surface area contributed by atoms with E-state index in [1.54, 1.807) is 13.8 Å². The summed E-state index contributed by atoms with van der Waals surface area (Å²) in [6, 6.07) is 9.07. The number of methoxy groups -OCH3 is 1. The van der Waals surface area contributed by atoms with Gasteiger partial charge in [-0.15, -0.1) is 0 Å². The third-order valence-electron chi connectivity index (χ3n) is 4.47. The summed E-state index contributed by atoms with van der Waals surface area (Å²) in [4.78, 5) is 39.6. The van der Waals surface area contributed by atoms with Crippen LogP contribution in [0.5, 0.6) is 0 Å². The van der Waals surface area contributed by atoms with Crippen molar-refractivity contribution in [3.05, 3.63) is 56.7 Å².